The van der Waals surface area contributed by atoms with Crippen molar-refractivity contribution in [2.45, 2.75) is 82.8 Å². The molecule has 0 unspecified atom stereocenters. The van der Waals surface area contributed by atoms with Gasteiger partial charge in [-0.25, -0.2) is 4.79 Å². The Morgan fingerprint density at radius 1 is 1.19 bits per heavy atom. The molecule has 0 radical (unpaired) electrons. The second-order valence-electron chi connectivity index (χ2n) is 7.96. The lowest BCUT2D eigenvalue weighted by molar-refractivity contribution is 0.134. The highest BCUT2D eigenvalue weighted by Crippen LogP contribution is 2.29. The molecule has 2 heterocycles. The maximum atomic E-state index is 12.6. The molecule has 2 amide bonds. The van der Waals surface area contributed by atoms with E-state index in [1.54, 1.807) is 0 Å². The normalized spacial score (nSPS) is 32.8. The largest absolute Gasteiger partial charge is 0.335 e. The van der Waals surface area contributed by atoms with Crippen molar-refractivity contribution in [3.63, 3.8) is 0 Å². The number of amides is 2. The van der Waals surface area contributed by atoms with Crippen molar-refractivity contribution in [1.82, 2.24) is 15.5 Å². The summed E-state index contributed by atoms with van der Waals surface area (Å²) in [5.74, 6) is 1.04. The molecule has 2 saturated heterocycles. The van der Waals surface area contributed by atoms with E-state index in [9.17, 15) is 4.79 Å². The van der Waals surface area contributed by atoms with Crippen LogP contribution in [0.3, 0.4) is 0 Å². The van der Waals surface area contributed by atoms with Crippen molar-refractivity contribution in [3.8, 4) is 0 Å². The van der Waals surface area contributed by atoms with Gasteiger partial charge in [0, 0.05) is 40.7 Å². The molecule has 2 fully saturated rings. The highest BCUT2D eigenvalue weighted by molar-refractivity contribution is 8.00. The van der Waals surface area contributed by atoms with Crippen molar-refractivity contribution in [1.29, 1.82) is 0 Å². The molecule has 0 spiro atoms. The van der Waals surface area contributed by atoms with E-state index in [2.05, 4.69) is 52.2 Å². The molecule has 2 atom stereocenters. The van der Waals surface area contributed by atoms with Gasteiger partial charge in [0.05, 0.1) is 0 Å². The molecule has 0 aromatic carbocycles. The Kier molecular flexibility index (Phi) is 4.84. The highest BCUT2D eigenvalue weighted by atomic mass is 32.2. The maximum absolute atomic E-state index is 12.6. The van der Waals surface area contributed by atoms with Crippen LogP contribution in [0.25, 0.3) is 0 Å². The minimum absolute atomic E-state index is 0.0658. The van der Waals surface area contributed by atoms with E-state index in [4.69, 9.17) is 0 Å². The third-order valence-electron chi connectivity index (χ3n) is 4.66. The Morgan fingerprint density at radius 2 is 1.76 bits per heavy atom. The van der Waals surface area contributed by atoms with Gasteiger partial charge < -0.3 is 15.5 Å². The van der Waals surface area contributed by atoms with E-state index in [1.807, 2.05) is 16.7 Å². The van der Waals surface area contributed by atoms with Crippen LogP contribution in [0.5, 0.6) is 0 Å². The monoisotopic (exact) mass is 313 g/mol. The number of hydrogen-bond donors (Lipinski definition) is 2. The summed E-state index contributed by atoms with van der Waals surface area (Å²) in [7, 11) is 0. The summed E-state index contributed by atoms with van der Waals surface area (Å²) in [6.45, 7) is 14.1. The van der Waals surface area contributed by atoms with Crippen molar-refractivity contribution in [2.75, 3.05) is 12.3 Å². The average molecular weight is 314 g/mol. The van der Waals surface area contributed by atoms with Crippen molar-refractivity contribution >= 4 is 17.8 Å². The molecular weight excluding hydrogens is 282 g/mol. The molecule has 4 nitrogen and oxygen atoms in total. The molecular formula is C16H31N3OS. The molecule has 2 aliphatic heterocycles. The number of piperidine rings is 1. The summed E-state index contributed by atoms with van der Waals surface area (Å²) >= 11 is 1.96. The SMILES string of the molecule is C[C@@H]1SCCN(C(=O)NC2CC(C)(C)NC(C)(C)C2)[C@@H]1C. The van der Waals surface area contributed by atoms with Gasteiger partial charge >= 0.3 is 6.03 Å². The molecule has 0 saturated carbocycles. The number of carbonyl (C=O) groups excluding carboxylic acids is 1. The first-order valence-corrected chi connectivity index (χ1v) is 9.13. The number of nitrogens with one attached hydrogen (secondary N) is 2. The van der Waals surface area contributed by atoms with Crippen molar-refractivity contribution < 1.29 is 4.79 Å². The molecule has 5 heteroatoms. The zero-order valence-electron chi connectivity index (χ0n) is 14.3. The fourth-order valence-electron chi connectivity index (χ4n) is 3.90. The first-order valence-electron chi connectivity index (χ1n) is 8.08. The molecule has 0 aromatic rings. The Morgan fingerprint density at radius 3 is 2.33 bits per heavy atom. The number of urea groups is 1. The van der Waals surface area contributed by atoms with Crippen LogP contribution >= 0.6 is 11.8 Å². The smallest absolute Gasteiger partial charge is 0.317 e. The second kappa shape index (κ2) is 5.99. The number of carbonyl (C=O) groups is 1. The predicted octanol–water partition coefficient (Wildman–Crippen LogP) is 2.83. The highest BCUT2D eigenvalue weighted by Gasteiger charge is 2.39. The van der Waals surface area contributed by atoms with Gasteiger partial charge in [-0.05, 0) is 47.5 Å². The number of hydrogen-bond acceptors (Lipinski definition) is 3. The summed E-state index contributed by atoms with van der Waals surface area (Å²) in [6.07, 6.45) is 1.96. The molecule has 2 N–H and O–H groups in total. The number of thioether (sulfide) groups is 1. The lowest BCUT2D eigenvalue weighted by Gasteiger charge is -2.47. The average Bonchev–Trinajstić information content (AvgIpc) is 2.28. The van der Waals surface area contributed by atoms with E-state index in [-0.39, 0.29) is 23.2 Å². The third-order valence-corrected chi connectivity index (χ3v) is 6.00. The van der Waals surface area contributed by atoms with Gasteiger partial charge in [-0.3, -0.25) is 0 Å². The van der Waals surface area contributed by atoms with E-state index in [1.165, 1.54) is 0 Å². The van der Waals surface area contributed by atoms with E-state index < -0.39 is 0 Å². The van der Waals surface area contributed by atoms with Crippen molar-refractivity contribution in [3.05, 3.63) is 0 Å². The molecule has 0 aromatic heterocycles. The Hall–Kier alpha value is -0.420. The molecule has 0 aliphatic carbocycles. The number of nitrogens with zero attached hydrogens (tertiary/aromatic N) is 1. The maximum Gasteiger partial charge on any atom is 0.317 e. The van der Waals surface area contributed by atoms with Crippen LogP contribution in [0.15, 0.2) is 0 Å². The van der Waals surface area contributed by atoms with Crippen LogP contribution in [-0.4, -0.2) is 51.6 Å². The van der Waals surface area contributed by atoms with Gasteiger partial charge in [0.2, 0.25) is 0 Å². The summed E-state index contributed by atoms with van der Waals surface area (Å²) < 4.78 is 0. The minimum Gasteiger partial charge on any atom is -0.335 e. The fourth-order valence-corrected chi connectivity index (χ4v) is 5.00. The van der Waals surface area contributed by atoms with Gasteiger partial charge in [0.15, 0.2) is 0 Å². The topological polar surface area (TPSA) is 44.4 Å². The summed E-state index contributed by atoms with van der Waals surface area (Å²) in [6, 6.07) is 0.681. The van der Waals surface area contributed by atoms with Crippen LogP contribution < -0.4 is 10.6 Å². The van der Waals surface area contributed by atoms with Crippen LogP contribution in [0.2, 0.25) is 0 Å². The Labute approximate surface area is 133 Å². The van der Waals surface area contributed by atoms with E-state index >= 15 is 0 Å². The molecule has 0 bridgehead atoms. The predicted molar refractivity (Wildman–Crippen MR) is 90.9 cm³/mol. The first kappa shape index (κ1) is 16.9. The van der Waals surface area contributed by atoms with Gasteiger partial charge in [-0.2, -0.15) is 11.8 Å². The van der Waals surface area contributed by atoms with Gasteiger partial charge in [0.1, 0.15) is 0 Å². The first-order chi connectivity index (χ1) is 9.60. The van der Waals surface area contributed by atoms with Crippen LogP contribution in [-0.2, 0) is 0 Å². The third kappa shape index (κ3) is 4.28. The van der Waals surface area contributed by atoms with Gasteiger partial charge in [-0.15, -0.1) is 0 Å². The summed E-state index contributed by atoms with van der Waals surface area (Å²) in [5.41, 5.74) is 0.132. The fraction of sp³-hybridized carbons (Fsp3) is 0.938. The molecule has 2 rings (SSSR count). The molecule has 2 aliphatic rings. The molecule has 21 heavy (non-hydrogen) atoms. The van der Waals surface area contributed by atoms with E-state index in [0.29, 0.717) is 11.3 Å². The quantitative estimate of drug-likeness (QED) is 0.782. The van der Waals surface area contributed by atoms with Crippen LogP contribution in [0, 0.1) is 0 Å². The minimum atomic E-state index is 0.0658. The second-order valence-corrected chi connectivity index (χ2v) is 9.44. The standard InChI is InChI=1S/C16H31N3OS/c1-11-12(2)21-8-7-19(11)14(20)17-13-9-15(3,4)18-16(5,6)10-13/h11-13,18H,7-10H2,1-6H3,(H,17,20)/t11-,12+/m1/s1. The zero-order valence-corrected chi connectivity index (χ0v) is 15.1. The Bertz CT molecular complexity index is 381. The molecule has 122 valence electrons. The zero-order chi connectivity index (χ0) is 15.8. The number of rotatable bonds is 1. The van der Waals surface area contributed by atoms with Gasteiger partial charge in [0.25, 0.3) is 0 Å². The van der Waals surface area contributed by atoms with E-state index in [0.717, 1.165) is 25.1 Å². The van der Waals surface area contributed by atoms with Crippen LogP contribution in [0.1, 0.15) is 54.4 Å². The summed E-state index contributed by atoms with van der Waals surface area (Å²) in [4.78, 5) is 14.6. The lowest BCUT2D eigenvalue weighted by atomic mass is 9.79. The van der Waals surface area contributed by atoms with Crippen LogP contribution in [0.4, 0.5) is 4.79 Å². The Balaban J connectivity index is 1.99. The van der Waals surface area contributed by atoms with Crippen molar-refractivity contribution in [2.24, 2.45) is 0 Å². The van der Waals surface area contributed by atoms with Gasteiger partial charge in [-0.1, -0.05) is 6.92 Å². The summed E-state index contributed by atoms with van der Waals surface area (Å²) in [5, 5.41) is 7.47. The lowest BCUT2D eigenvalue weighted by Crippen LogP contribution is -2.63.